The summed E-state index contributed by atoms with van der Waals surface area (Å²) in [6, 6.07) is 0. The largest absolute Gasteiger partial charge is 0.247 e. The van der Waals surface area contributed by atoms with Gasteiger partial charge in [-0.3, -0.25) is 0 Å². The van der Waals surface area contributed by atoms with E-state index in [-0.39, 0.29) is 0 Å². The van der Waals surface area contributed by atoms with E-state index in [0.717, 1.165) is 37.0 Å². The standard InChI is InChI=1S/C13H23F/c1-10-5-7-11(8-6-10)12-3-2-4-13(14)9-12/h10-13H,2-9H2,1H3/t10?,11?,12-,13?/m0/s1. The predicted molar refractivity (Wildman–Crippen MR) is 58.0 cm³/mol. The Balaban J connectivity index is 1.82. The van der Waals surface area contributed by atoms with Crippen LogP contribution in [-0.2, 0) is 0 Å². The van der Waals surface area contributed by atoms with E-state index in [9.17, 15) is 4.39 Å². The number of halogens is 1. The van der Waals surface area contributed by atoms with Crippen LogP contribution in [0.15, 0.2) is 0 Å². The quantitative estimate of drug-likeness (QED) is 0.588. The maximum absolute atomic E-state index is 13.3. The van der Waals surface area contributed by atoms with Gasteiger partial charge in [0.1, 0.15) is 6.17 Å². The summed E-state index contributed by atoms with van der Waals surface area (Å²) in [6.45, 7) is 2.36. The highest BCUT2D eigenvalue weighted by atomic mass is 19.1. The second kappa shape index (κ2) is 4.63. The summed E-state index contributed by atoms with van der Waals surface area (Å²) in [6.07, 6.45) is 9.19. The molecule has 2 rings (SSSR count). The SMILES string of the molecule is CC1CCC([C@H]2CCCC(F)C2)CC1. The molecule has 82 valence electrons. The van der Waals surface area contributed by atoms with Gasteiger partial charge >= 0.3 is 0 Å². The van der Waals surface area contributed by atoms with Crippen molar-refractivity contribution < 1.29 is 4.39 Å². The van der Waals surface area contributed by atoms with Gasteiger partial charge in [-0.25, -0.2) is 4.39 Å². The first-order valence-corrected chi connectivity index (χ1v) is 6.39. The zero-order chi connectivity index (χ0) is 9.97. The van der Waals surface area contributed by atoms with Gasteiger partial charge in [-0.15, -0.1) is 0 Å². The van der Waals surface area contributed by atoms with Crippen LogP contribution in [0.3, 0.4) is 0 Å². The summed E-state index contributed by atoms with van der Waals surface area (Å²) >= 11 is 0. The molecular weight excluding hydrogens is 175 g/mol. The molecule has 0 aromatic rings. The van der Waals surface area contributed by atoms with Crippen molar-refractivity contribution in [2.24, 2.45) is 17.8 Å². The Morgan fingerprint density at radius 1 is 0.857 bits per heavy atom. The van der Waals surface area contributed by atoms with E-state index in [1.54, 1.807) is 0 Å². The topological polar surface area (TPSA) is 0 Å². The molecule has 2 aliphatic rings. The van der Waals surface area contributed by atoms with Gasteiger partial charge in [0.15, 0.2) is 0 Å². The van der Waals surface area contributed by atoms with Crippen LogP contribution in [0.1, 0.15) is 58.3 Å². The van der Waals surface area contributed by atoms with E-state index in [0.29, 0.717) is 0 Å². The molecule has 2 aliphatic carbocycles. The van der Waals surface area contributed by atoms with E-state index in [1.807, 2.05) is 0 Å². The van der Waals surface area contributed by atoms with Crippen LogP contribution in [0.2, 0.25) is 0 Å². The molecule has 0 spiro atoms. The van der Waals surface area contributed by atoms with E-state index < -0.39 is 6.17 Å². The molecule has 0 aliphatic heterocycles. The third-order valence-electron chi connectivity index (χ3n) is 4.38. The number of rotatable bonds is 1. The molecule has 0 nitrogen and oxygen atoms in total. The predicted octanol–water partition coefficient (Wildman–Crippen LogP) is 4.34. The van der Waals surface area contributed by atoms with Gasteiger partial charge < -0.3 is 0 Å². The fraction of sp³-hybridized carbons (Fsp3) is 1.00. The summed E-state index contributed by atoms with van der Waals surface area (Å²) < 4.78 is 13.3. The lowest BCUT2D eigenvalue weighted by Gasteiger charge is -2.35. The molecule has 2 saturated carbocycles. The lowest BCUT2D eigenvalue weighted by molar-refractivity contribution is 0.121. The zero-order valence-electron chi connectivity index (χ0n) is 9.34. The molecule has 0 N–H and O–H groups in total. The molecule has 0 saturated heterocycles. The fourth-order valence-electron chi connectivity index (χ4n) is 3.35. The Bertz CT molecular complexity index is 170. The molecule has 2 atom stereocenters. The van der Waals surface area contributed by atoms with Gasteiger partial charge in [0, 0.05) is 0 Å². The summed E-state index contributed by atoms with van der Waals surface area (Å²) in [7, 11) is 0. The lowest BCUT2D eigenvalue weighted by atomic mass is 9.71. The smallest absolute Gasteiger partial charge is 0.100 e. The minimum absolute atomic E-state index is 0.479. The molecule has 0 aromatic carbocycles. The van der Waals surface area contributed by atoms with Gasteiger partial charge in [-0.05, 0) is 49.9 Å². The molecule has 2 fully saturated rings. The highest BCUT2D eigenvalue weighted by Crippen LogP contribution is 2.40. The average Bonchev–Trinajstić information content (AvgIpc) is 2.19. The number of hydrogen-bond donors (Lipinski definition) is 0. The summed E-state index contributed by atoms with van der Waals surface area (Å²) in [5.74, 6) is 2.52. The van der Waals surface area contributed by atoms with Crippen LogP contribution >= 0.6 is 0 Å². The average molecular weight is 198 g/mol. The Kier molecular flexibility index (Phi) is 3.46. The minimum Gasteiger partial charge on any atom is -0.247 e. The van der Waals surface area contributed by atoms with Gasteiger partial charge in [-0.1, -0.05) is 26.2 Å². The van der Waals surface area contributed by atoms with Crippen molar-refractivity contribution in [3.05, 3.63) is 0 Å². The Hall–Kier alpha value is -0.0700. The van der Waals surface area contributed by atoms with Gasteiger partial charge in [0.2, 0.25) is 0 Å². The van der Waals surface area contributed by atoms with Crippen molar-refractivity contribution >= 4 is 0 Å². The van der Waals surface area contributed by atoms with Crippen LogP contribution in [0.4, 0.5) is 4.39 Å². The van der Waals surface area contributed by atoms with Crippen LogP contribution in [-0.4, -0.2) is 6.17 Å². The zero-order valence-corrected chi connectivity index (χ0v) is 9.34. The normalized spacial score (nSPS) is 45.0. The first-order chi connectivity index (χ1) is 6.75. The molecule has 0 radical (unpaired) electrons. The highest BCUT2D eigenvalue weighted by Gasteiger charge is 2.30. The first kappa shape index (κ1) is 10.4. The molecular formula is C13H23F. The Morgan fingerprint density at radius 3 is 2.21 bits per heavy atom. The fourth-order valence-corrected chi connectivity index (χ4v) is 3.35. The molecule has 0 bridgehead atoms. The van der Waals surface area contributed by atoms with Crippen molar-refractivity contribution in [1.82, 2.24) is 0 Å². The second-order valence-corrected chi connectivity index (χ2v) is 5.54. The van der Waals surface area contributed by atoms with Crippen molar-refractivity contribution in [3.63, 3.8) is 0 Å². The molecule has 0 aromatic heterocycles. The first-order valence-electron chi connectivity index (χ1n) is 6.39. The van der Waals surface area contributed by atoms with E-state index in [2.05, 4.69) is 6.92 Å². The molecule has 0 amide bonds. The van der Waals surface area contributed by atoms with Crippen LogP contribution in [0.25, 0.3) is 0 Å². The maximum Gasteiger partial charge on any atom is 0.100 e. The summed E-state index contributed by atoms with van der Waals surface area (Å²) in [5.41, 5.74) is 0. The number of alkyl halides is 1. The van der Waals surface area contributed by atoms with E-state index >= 15 is 0 Å². The van der Waals surface area contributed by atoms with Crippen LogP contribution in [0.5, 0.6) is 0 Å². The number of hydrogen-bond acceptors (Lipinski definition) is 0. The van der Waals surface area contributed by atoms with Gasteiger partial charge in [0.25, 0.3) is 0 Å². The van der Waals surface area contributed by atoms with Crippen LogP contribution in [0, 0.1) is 17.8 Å². The third-order valence-corrected chi connectivity index (χ3v) is 4.38. The van der Waals surface area contributed by atoms with Crippen molar-refractivity contribution in [1.29, 1.82) is 0 Å². The summed E-state index contributed by atoms with van der Waals surface area (Å²) in [4.78, 5) is 0. The Labute approximate surface area is 87.3 Å². The Morgan fingerprint density at radius 2 is 1.57 bits per heavy atom. The maximum atomic E-state index is 13.3. The monoisotopic (exact) mass is 198 g/mol. The van der Waals surface area contributed by atoms with Crippen LogP contribution < -0.4 is 0 Å². The molecule has 1 unspecified atom stereocenters. The molecule has 1 heteroatoms. The minimum atomic E-state index is -0.479. The van der Waals surface area contributed by atoms with Crippen molar-refractivity contribution in [2.75, 3.05) is 0 Å². The lowest BCUT2D eigenvalue weighted by Crippen LogP contribution is -2.26. The molecule has 0 heterocycles. The summed E-state index contributed by atoms with van der Waals surface area (Å²) in [5, 5.41) is 0. The third kappa shape index (κ3) is 2.49. The van der Waals surface area contributed by atoms with Crippen molar-refractivity contribution in [2.45, 2.75) is 64.5 Å². The van der Waals surface area contributed by atoms with Crippen molar-refractivity contribution in [3.8, 4) is 0 Å². The highest BCUT2D eigenvalue weighted by molar-refractivity contribution is 4.81. The van der Waals surface area contributed by atoms with Gasteiger partial charge in [0.05, 0.1) is 0 Å². The van der Waals surface area contributed by atoms with E-state index in [4.69, 9.17) is 0 Å². The van der Waals surface area contributed by atoms with E-state index in [1.165, 1.54) is 32.1 Å². The molecule has 14 heavy (non-hydrogen) atoms. The second-order valence-electron chi connectivity index (χ2n) is 5.54. The van der Waals surface area contributed by atoms with Gasteiger partial charge in [-0.2, -0.15) is 0 Å².